The van der Waals surface area contributed by atoms with Crippen LogP contribution in [0, 0.1) is 5.92 Å². The van der Waals surface area contributed by atoms with Gasteiger partial charge < -0.3 is 20.3 Å². The molecule has 2 atom stereocenters. The van der Waals surface area contributed by atoms with Crippen molar-refractivity contribution in [2.45, 2.75) is 58.1 Å². The molecular weight excluding hydrogens is 266 g/mol. The van der Waals surface area contributed by atoms with Gasteiger partial charge in [-0.15, -0.1) is 0 Å². The number of hydrogen-bond donors (Lipinski definition) is 2. The van der Waals surface area contributed by atoms with Crippen molar-refractivity contribution in [1.82, 2.24) is 15.5 Å². The van der Waals surface area contributed by atoms with Crippen molar-refractivity contribution in [2.24, 2.45) is 5.92 Å². The van der Waals surface area contributed by atoms with Gasteiger partial charge in [0.1, 0.15) is 5.60 Å². The Hall–Kier alpha value is -0.810. The summed E-state index contributed by atoms with van der Waals surface area (Å²) in [5, 5.41) is 7.06. The zero-order valence-corrected chi connectivity index (χ0v) is 13.8. The second kappa shape index (κ2) is 7.45. The zero-order chi connectivity index (χ0) is 15.3. The van der Waals surface area contributed by atoms with Gasteiger partial charge in [0.15, 0.2) is 0 Å². The van der Waals surface area contributed by atoms with E-state index in [2.05, 4.69) is 10.6 Å². The average Bonchev–Trinajstić information content (AvgIpc) is 2.90. The molecule has 5 nitrogen and oxygen atoms in total. The highest BCUT2D eigenvalue weighted by Gasteiger charge is 2.27. The summed E-state index contributed by atoms with van der Waals surface area (Å²) >= 11 is 0. The zero-order valence-electron chi connectivity index (χ0n) is 13.8. The van der Waals surface area contributed by atoms with E-state index in [4.69, 9.17) is 4.74 Å². The van der Waals surface area contributed by atoms with E-state index in [9.17, 15) is 4.79 Å². The molecule has 1 amide bonds. The summed E-state index contributed by atoms with van der Waals surface area (Å²) in [6.45, 7) is 10.6. The minimum absolute atomic E-state index is 0.162. The molecule has 0 aliphatic carbocycles. The highest BCUT2D eigenvalue weighted by atomic mass is 16.6. The maximum atomic E-state index is 12.1. The van der Waals surface area contributed by atoms with Crippen molar-refractivity contribution in [3.63, 3.8) is 0 Å². The number of rotatable bonds is 4. The van der Waals surface area contributed by atoms with Crippen LogP contribution in [-0.4, -0.2) is 55.4 Å². The summed E-state index contributed by atoms with van der Waals surface area (Å²) in [6, 6.07) is 0.635. The fourth-order valence-electron chi connectivity index (χ4n) is 3.12. The number of likely N-dealkylation sites (tertiary alicyclic amines) is 1. The lowest BCUT2D eigenvalue weighted by Crippen LogP contribution is -2.46. The second-order valence-corrected chi connectivity index (χ2v) is 7.39. The van der Waals surface area contributed by atoms with Crippen LogP contribution in [0.1, 0.15) is 46.5 Å². The summed E-state index contributed by atoms with van der Waals surface area (Å²) in [5.74, 6) is 0.549. The quantitative estimate of drug-likeness (QED) is 0.833. The molecule has 0 bridgehead atoms. The number of amides is 1. The van der Waals surface area contributed by atoms with Gasteiger partial charge in [0.2, 0.25) is 0 Å². The van der Waals surface area contributed by atoms with E-state index in [-0.39, 0.29) is 6.09 Å². The summed E-state index contributed by atoms with van der Waals surface area (Å²) in [5.41, 5.74) is -0.406. The van der Waals surface area contributed by atoms with Crippen LogP contribution in [-0.2, 0) is 4.74 Å². The maximum absolute atomic E-state index is 12.1. The van der Waals surface area contributed by atoms with Gasteiger partial charge in [-0.25, -0.2) is 4.79 Å². The number of nitrogens with one attached hydrogen (secondary N) is 2. The lowest BCUT2D eigenvalue weighted by atomic mass is 9.98. The van der Waals surface area contributed by atoms with Crippen molar-refractivity contribution in [1.29, 1.82) is 0 Å². The van der Waals surface area contributed by atoms with Gasteiger partial charge in [-0.05, 0) is 65.5 Å². The van der Waals surface area contributed by atoms with Crippen LogP contribution in [0.25, 0.3) is 0 Å². The Bertz CT molecular complexity index is 335. The topological polar surface area (TPSA) is 53.6 Å². The van der Waals surface area contributed by atoms with Crippen LogP contribution in [0.2, 0.25) is 0 Å². The molecular formula is C16H31N3O2. The Morgan fingerprint density at radius 3 is 2.76 bits per heavy atom. The highest BCUT2D eigenvalue weighted by molar-refractivity contribution is 5.68. The molecule has 122 valence electrons. The van der Waals surface area contributed by atoms with Crippen LogP contribution in [0.3, 0.4) is 0 Å². The van der Waals surface area contributed by atoms with Gasteiger partial charge in [-0.2, -0.15) is 0 Å². The monoisotopic (exact) mass is 297 g/mol. The lowest BCUT2D eigenvalue weighted by Gasteiger charge is -2.34. The van der Waals surface area contributed by atoms with E-state index < -0.39 is 5.60 Å². The van der Waals surface area contributed by atoms with E-state index in [0.717, 1.165) is 39.1 Å². The Morgan fingerprint density at radius 2 is 2.10 bits per heavy atom. The Labute approximate surface area is 128 Å². The van der Waals surface area contributed by atoms with Crippen molar-refractivity contribution in [3.05, 3.63) is 0 Å². The number of ether oxygens (including phenoxy) is 1. The molecule has 0 radical (unpaired) electrons. The standard InChI is InChI=1S/C16H31N3O2/c1-16(2,3)21-15(20)19-9-5-6-13(12-19)10-17-11-14-7-4-8-18-14/h13-14,17-18H,4-12H2,1-3H3. The predicted molar refractivity (Wildman–Crippen MR) is 84.4 cm³/mol. The number of hydrogen-bond acceptors (Lipinski definition) is 4. The Kier molecular flexibility index (Phi) is 5.88. The SMILES string of the molecule is CC(C)(C)OC(=O)N1CCCC(CNCC2CCCN2)C1. The number of nitrogens with zero attached hydrogens (tertiary/aromatic N) is 1. The molecule has 2 heterocycles. The molecule has 2 aliphatic rings. The van der Waals surface area contributed by atoms with Gasteiger partial charge >= 0.3 is 6.09 Å². The van der Waals surface area contributed by atoms with Crippen molar-refractivity contribution >= 4 is 6.09 Å². The Balaban J connectivity index is 1.68. The van der Waals surface area contributed by atoms with Crippen LogP contribution >= 0.6 is 0 Å². The van der Waals surface area contributed by atoms with Crippen LogP contribution < -0.4 is 10.6 Å². The van der Waals surface area contributed by atoms with Crippen LogP contribution in [0.15, 0.2) is 0 Å². The fourth-order valence-corrected chi connectivity index (χ4v) is 3.12. The van der Waals surface area contributed by atoms with Gasteiger partial charge in [0, 0.05) is 25.7 Å². The predicted octanol–water partition coefficient (Wildman–Crippen LogP) is 1.98. The van der Waals surface area contributed by atoms with Crippen molar-refractivity contribution in [2.75, 3.05) is 32.7 Å². The van der Waals surface area contributed by atoms with Crippen LogP contribution in [0.4, 0.5) is 4.79 Å². The largest absolute Gasteiger partial charge is 0.444 e. The van der Waals surface area contributed by atoms with Crippen molar-refractivity contribution < 1.29 is 9.53 Å². The summed E-state index contributed by atoms with van der Waals surface area (Å²) < 4.78 is 5.47. The molecule has 5 heteroatoms. The first-order valence-electron chi connectivity index (χ1n) is 8.36. The number of carbonyl (C=O) groups excluding carboxylic acids is 1. The summed E-state index contributed by atoms with van der Waals surface area (Å²) in [4.78, 5) is 14.0. The lowest BCUT2D eigenvalue weighted by molar-refractivity contribution is 0.0166. The van der Waals surface area contributed by atoms with Crippen LogP contribution in [0.5, 0.6) is 0 Å². The van der Waals surface area contributed by atoms with Crippen molar-refractivity contribution in [3.8, 4) is 0 Å². The first kappa shape index (κ1) is 16.6. The van der Waals surface area contributed by atoms with E-state index in [1.165, 1.54) is 19.3 Å². The normalized spacial score (nSPS) is 26.9. The number of piperidine rings is 1. The van der Waals surface area contributed by atoms with Gasteiger partial charge in [-0.3, -0.25) is 0 Å². The van der Waals surface area contributed by atoms with E-state index in [1.54, 1.807) is 0 Å². The molecule has 0 aromatic rings. The molecule has 2 rings (SSSR count). The molecule has 2 saturated heterocycles. The first-order chi connectivity index (χ1) is 9.94. The molecule has 2 unspecified atom stereocenters. The van der Waals surface area contributed by atoms with Gasteiger partial charge in [0.25, 0.3) is 0 Å². The molecule has 0 spiro atoms. The third kappa shape index (κ3) is 5.83. The minimum Gasteiger partial charge on any atom is -0.444 e. The molecule has 0 saturated carbocycles. The molecule has 0 aromatic carbocycles. The molecule has 21 heavy (non-hydrogen) atoms. The molecule has 2 N–H and O–H groups in total. The van der Waals surface area contributed by atoms with E-state index >= 15 is 0 Å². The summed E-state index contributed by atoms with van der Waals surface area (Å²) in [6.07, 6.45) is 4.69. The molecule has 0 aromatic heterocycles. The maximum Gasteiger partial charge on any atom is 0.410 e. The molecule has 2 aliphatic heterocycles. The van der Waals surface area contributed by atoms with Gasteiger partial charge in [0.05, 0.1) is 0 Å². The van der Waals surface area contributed by atoms with E-state index in [1.807, 2.05) is 25.7 Å². The summed E-state index contributed by atoms with van der Waals surface area (Å²) in [7, 11) is 0. The molecule has 2 fully saturated rings. The smallest absolute Gasteiger partial charge is 0.410 e. The highest BCUT2D eigenvalue weighted by Crippen LogP contribution is 2.19. The van der Waals surface area contributed by atoms with Gasteiger partial charge in [-0.1, -0.05) is 0 Å². The van der Waals surface area contributed by atoms with E-state index in [0.29, 0.717) is 12.0 Å². The first-order valence-corrected chi connectivity index (χ1v) is 8.36. The second-order valence-electron chi connectivity index (χ2n) is 7.39. The Morgan fingerprint density at radius 1 is 1.29 bits per heavy atom. The third-order valence-corrected chi connectivity index (χ3v) is 4.16. The fraction of sp³-hybridized carbons (Fsp3) is 0.938. The average molecular weight is 297 g/mol. The third-order valence-electron chi connectivity index (χ3n) is 4.16. The minimum atomic E-state index is -0.406. The number of carbonyl (C=O) groups is 1.